The predicted octanol–water partition coefficient (Wildman–Crippen LogP) is 0.848. The molecule has 0 aliphatic heterocycles. The third-order valence-corrected chi connectivity index (χ3v) is 2.01. The fourth-order valence-corrected chi connectivity index (χ4v) is 1.03. The van der Waals surface area contributed by atoms with E-state index in [4.69, 9.17) is 14.2 Å². The summed E-state index contributed by atoms with van der Waals surface area (Å²) in [5.74, 6) is -1.71. The highest BCUT2D eigenvalue weighted by molar-refractivity contribution is 5.67. The van der Waals surface area contributed by atoms with Crippen molar-refractivity contribution in [2.75, 3.05) is 19.8 Å². The first-order valence-corrected chi connectivity index (χ1v) is 5.40. The van der Waals surface area contributed by atoms with E-state index in [0.717, 1.165) is 0 Å². The van der Waals surface area contributed by atoms with Crippen molar-refractivity contribution in [3.8, 4) is 0 Å². The first-order chi connectivity index (χ1) is 8.32. The molecule has 0 fully saturated rings. The molecule has 0 spiro atoms. The molecule has 0 aromatic heterocycles. The summed E-state index contributed by atoms with van der Waals surface area (Å²) in [4.78, 5) is 32.1. The van der Waals surface area contributed by atoms with Gasteiger partial charge in [-0.15, -0.1) is 0 Å². The minimum atomic E-state index is -0.442. The van der Waals surface area contributed by atoms with E-state index in [1.165, 1.54) is 20.8 Å². The number of rotatable bonds is 7. The summed E-state index contributed by atoms with van der Waals surface area (Å²) in [5, 5.41) is 0. The Morgan fingerprint density at radius 3 is 1.61 bits per heavy atom. The fraction of sp³-hybridized carbons (Fsp3) is 0.583. The lowest BCUT2D eigenvalue weighted by atomic mass is 10.0. The first kappa shape index (κ1) is 16.1. The molecule has 0 unspecified atom stereocenters. The van der Waals surface area contributed by atoms with Crippen molar-refractivity contribution < 1.29 is 28.6 Å². The minimum Gasteiger partial charge on any atom is -0.465 e. The molecule has 0 aromatic rings. The zero-order chi connectivity index (χ0) is 14.1. The van der Waals surface area contributed by atoms with E-state index >= 15 is 0 Å². The van der Waals surface area contributed by atoms with Crippen LogP contribution in [-0.2, 0) is 28.6 Å². The van der Waals surface area contributed by atoms with Gasteiger partial charge in [-0.2, -0.15) is 0 Å². The van der Waals surface area contributed by atoms with E-state index in [0.29, 0.717) is 5.57 Å². The highest BCUT2D eigenvalue weighted by Gasteiger charge is 2.17. The molecule has 6 nitrogen and oxygen atoms in total. The van der Waals surface area contributed by atoms with E-state index in [-0.39, 0.29) is 19.8 Å². The van der Waals surface area contributed by atoms with Gasteiger partial charge in [-0.25, -0.2) is 0 Å². The third kappa shape index (κ3) is 8.32. The number of carbonyl (C=O) groups excluding carboxylic acids is 3. The molecule has 0 bridgehead atoms. The van der Waals surface area contributed by atoms with Crippen molar-refractivity contribution in [2.24, 2.45) is 5.92 Å². The summed E-state index contributed by atoms with van der Waals surface area (Å²) in [5.41, 5.74) is 0.521. The average Bonchev–Trinajstić information content (AvgIpc) is 2.25. The van der Waals surface area contributed by atoms with Gasteiger partial charge >= 0.3 is 17.9 Å². The third-order valence-electron chi connectivity index (χ3n) is 2.01. The van der Waals surface area contributed by atoms with Gasteiger partial charge in [-0.1, -0.05) is 6.58 Å². The van der Waals surface area contributed by atoms with Crippen LogP contribution < -0.4 is 0 Å². The molecule has 0 aromatic carbocycles. The first-order valence-electron chi connectivity index (χ1n) is 5.40. The van der Waals surface area contributed by atoms with Gasteiger partial charge < -0.3 is 14.2 Å². The quantitative estimate of drug-likeness (QED) is 0.382. The van der Waals surface area contributed by atoms with Crippen molar-refractivity contribution in [1.29, 1.82) is 0 Å². The number of hydrogen-bond donors (Lipinski definition) is 0. The van der Waals surface area contributed by atoms with Crippen molar-refractivity contribution >= 4 is 17.9 Å². The summed E-state index contributed by atoms with van der Waals surface area (Å²) in [7, 11) is 0. The van der Waals surface area contributed by atoms with Crippen LogP contribution in [0.5, 0.6) is 0 Å². The fourth-order valence-electron chi connectivity index (χ4n) is 1.03. The monoisotopic (exact) mass is 258 g/mol. The lowest BCUT2D eigenvalue weighted by Gasteiger charge is -2.18. The Balaban J connectivity index is 4.32. The molecular weight excluding hydrogens is 240 g/mol. The Bertz CT molecular complexity index is 315. The van der Waals surface area contributed by atoms with Gasteiger partial charge in [0.1, 0.15) is 19.8 Å². The van der Waals surface area contributed by atoms with E-state index in [9.17, 15) is 14.4 Å². The molecule has 6 heteroatoms. The minimum absolute atomic E-state index is 0.00251. The highest BCUT2D eigenvalue weighted by Crippen LogP contribution is 2.11. The molecular formula is C12H18O6. The summed E-state index contributed by atoms with van der Waals surface area (Å²) >= 11 is 0. The number of ether oxygens (including phenoxy) is 3. The largest absolute Gasteiger partial charge is 0.465 e. The Morgan fingerprint density at radius 2 is 1.28 bits per heavy atom. The maximum Gasteiger partial charge on any atom is 0.302 e. The van der Waals surface area contributed by atoms with Crippen LogP contribution in [0.1, 0.15) is 20.8 Å². The smallest absolute Gasteiger partial charge is 0.302 e. The molecule has 0 heterocycles. The van der Waals surface area contributed by atoms with Gasteiger partial charge in [-0.3, -0.25) is 14.4 Å². The topological polar surface area (TPSA) is 78.9 Å². The van der Waals surface area contributed by atoms with Gasteiger partial charge in [0, 0.05) is 20.8 Å². The van der Waals surface area contributed by atoms with Gasteiger partial charge in [0.2, 0.25) is 0 Å². The zero-order valence-electron chi connectivity index (χ0n) is 10.9. The molecule has 0 rings (SSSR count). The Hall–Kier alpha value is -1.85. The second kappa shape index (κ2) is 8.27. The number of hydrogen-bond acceptors (Lipinski definition) is 6. The van der Waals surface area contributed by atoms with Crippen LogP contribution in [0, 0.1) is 5.92 Å². The van der Waals surface area contributed by atoms with Gasteiger partial charge in [-0.05, 0) is 5.57 Å². The molecule has 18 heavy (non-hydrogen) atoms. The van der Waals surface area contributed by atoms with Crippen LogP contribution in [0.25, 0.3) is 0 Å². The maximum absolute atomic E-state index is 10.7. The van der Waals surface area contributed by atoms with E-state index in [1.54, 1.807) is 0 Å². The molecule has 0 aliphatic carbocycles. The van der Waals surface area contributed by atoms with Gasteiger partial charge in [0.15, 0.2) is 0 Å². The van der Waals surface area contributed by atoms with E-state index in [1.807, 2.05) is 0 Å². The van der Waals surface area contributed by atoms with E-state index < -0.39 is 23.8 Å². The molecule has 0 aliphatic rings. The van der Waals surface area contributed by atoms with Gasteiger partial charge in [0.25, 0.3) is 0 Å². The zero-order valence-corrected chi connectivity index (χ0v) is 10.9. The molecule has 0 saturated carbocycles. The molecule has 0 saturated heterocycles. The predicted molar refractivity (Wildman–Crippen MR) is 62.5 cm³/mol. The van der Waals surface area contributed by atoms with Crippen LogP contribution in [0.3, 0.4) is 0 Å². The molecule has 0 atom stereocenters. The van der Waals surface area contributed by atoms with Crippen LogP contribution >= 0.6 is 0 Å². The van der Waals surface area contributed by atoms with Gasteiger partial charge in [0.05, 0.1) is 5.92 Å². The van der Waals surface area contributed by atoms with Crippen molar-refractivity contribution in [1.82, 2.24) is 0 Å². The Morgan fingerprint density at radius 1 is 0.889 bits per heavy atom. The molecule has 102 valence electrons. The number of carbonyl (C=O) groups is 3. The summed E-state index contributed by atoms with van der Waals surface area (Å²) in [6.45, 7) is 7.62. The van der Waals surface area contributed by atoms with Crippen LogP contribution in [-0.4, -0.2) is 37.7 Å². The van der Waals surface area contributed by atoms with Crippen LogP contribution in [0.15, 0.2) is 12.2 Å². The van der Waals surface area contributed by atoms with E-state index in [2.05, 4.69) is 6.58 Å². The lowest BCUT2D eigenvalue weighted by Crippen LogP contribution is -2.23. The maximum atomic E-state index is 10.7. The molecule has 0 N–H and O–H groups in total. The Labute approximate surface area is 106 Å². The second-order valence-corrected chi connectivity index (χ2v) is 3.74. The molecule has 0 amide bonds. The average molecular weight is 258 g/mol. The summed E-state index contributed by atoms with van der Waals surface area (Å²) < 4.78 is 14.4. The summed E-state index contributed by atoms with van der Waals surface area (Å²) in [6.07, 6.45) is 0. The Kier molecular flexibility index (Phi) is 7.42. The molecule has 0 radical (unpaired) electrons. The number of esters is 3. The van der Waals surface area contributed by atoms with Crippen LogP contribution in [0.4, 0.5) is 0 Å². The SMILES string of the molecule is C=C(COC(C)=O)C(COC(C)=O)COC(C)=O. The normalized spacial score (nSPS) is 9.78. The second-order valence-electron chi connectivity index (χ2n) is 3.74. The highest BCUT2D eigenvalue weighted by atomic mass is 16.5. The van der Waals surface area contributed by atoms with Crippen LogP contribution in [0.2, 0.25) is 0 Å². The van der Waals surface area contributed by atoms with Crippen molar-refractivity contribution in [3.63, 3.8) is 0 Å². The lowest BCUT2D eigenvalue weighted by molar-refractivity contribution is -0.147. The summed E-state index contributed by atoms with van der Waals surface area (Å²) in [6, 6.07) is 0. The standard InChI is InChI=1S/C12H18O6/c1-8(5-16-9(2)13)12(6-17-10(3)14)7-18-11(4)15/h12H,1,5-7H2,2-4H3. The van der Waals surface area contributed by atoms with Crippen molar-refractivity contribution in [3.05, 3.63) is 12.2 Å². The van der Waals surface area contributed by atoms with Crippen molar-refractivity contribution in [2.45, 2.75) is 20.8 Å².